The molecule has 0 spiro atoms. The number of sulfonamides is 1. The molecule has 0 saturated carbocycles. The highest BCUT2D eigenvalue weighted by Crippen LogP contribution is 2.24. The van der Waals surface area contributed by atoms with Crippen molar-refractivity contribution in [1.82, 2.24) is 9.71 Å². The molecule has 2 aromatic heterocycles. The van der Waals surface area contributed by atoms with Gasteiger partial charge in [0.05, 0.1) is 4.90 Å². The average molecular weight is 362 g/mol. The normalized spacial score (nSPS) is 11.6. The maximum Gasteiger partial charge on any atom is 0.240 e. The molecule has 0 radical (unpaired) electrons. The van der Waals surface area contributed by atoms with Gasteiger partial charge >= 0.3 is 0 Å². The Bertz CT molecular complexity index is 954. The lowest BCUT2D eigenvalue weighted by Gasteiger charge is -2.08. The second kappa shape index (κ2) is 6.80. The molecular formula is C17H15FN2O2S2. The van der Waals surface area contributed by atoms with Crippen LogP contribution in [0.4, 0.5) is 4.39 Å². The van der Waals surface area contributed by atoms with E-state index < -0.39 is 15.8 Å². The van der Waals surface area contributed by atoms with Gasteiger partial charge in [-0.1, -0.05) is 6.07 Å². The van der Waals surface area contributed by atoms with Crippen LogP contribution >= 0.6 is 11.3 Å². The van der Waals surface area contributed by atoms with Gasteiger partial charge in [0.2, 0.25) is 10.0 Å². The fourth-order valence-corrected chi connectivity index (χ4v) is 4.02. The summed E-state index contributed by atoms with van der Waals surface area (Å²) in [5.74, 6) is -0.429. The van der Waals surface area contributed by atoms with Crippen molar-refractivity contribution in [3.05, 3.63) is 71.1 Å². The molecule has 24 heavy (non-hydrogen) atoms. The zero-order valence-corrected chi connectivity index (χ0v) is 14.5. The molecule has 3 aromatic rings. The Kier molecular flexibility index (Phi) is 4.75. The van der Waals surface area contributed by atoms with E-state index in [1.165, 1.54) is 19.1 Å². The molecule has 1 aromatic carbocycles. The van der Waals surface area contributed by atoms with E-state index in [1.54, 1.807) is 23.7 Å². The van der Waals surface area contributed by atoms with E-state index >= 15 is 0 Å². The number of thiophene rings is 1. The van der Waals surface area contributed by atoms with Gasteiger partial charge in [0.15, 0.2) is 0 Å². The minimum atomic E-state index is -3.71. The summed E-state index contributed by atoms with van der Waals surface area (Å²) in [5.41, 5.74) is 1.99. The maximum atomic E-state index is 13.3. The molecule has 0 unspecified atom stereocenters. The van der Waals surface area contributed by atoms with Crippen molar-refractivity contribution in [3.63, 3.8) is 0 Å². The van der Waals surface area contributed by atoms with E-state index in [2.05, 4.69) is 9.71 Å². The van der Waals surface area contributed by atoms with Gasteiger partial charge < -0.3 is 0 Å². The molecule has 124 valence electrons. The Hall–Kier alpha value is -2.09. The minimum Gasteiger partial charge on any atom is -0.264 e. The van der Waals surface area contributed by atoms with Crippen molar-refractivity contribution in [2.75, 3.05) is 0 Å². The van der Waals surface area contributed by atoms with E-state index in [1.807, 2.05) is 23.6 Å². The van der Waals surface area contributed by atoms with Crippen LogP contribution < -0.4 is 4.72 Å². The predicted octanol–water partition coefficient (Wildman–Crippen LogP) is 3.74. The summed E-state index contributed by atoms with van der Waals surface area (Å²) in [6.07, 6.45) is 3.36. The molecule has 3 rings (SSSR count). The van der Waals surface area contributed by atoms with Crippen molar-refractivity contribution < 1.29 is 12.8 Å². The number of benzene rings is 1. The molecule has 0 saturated heterocycles. The predicted molar refractivity (Wildman–Crippen MR) is 92.7 cm³/mol. The first-order valence-electron chi connectivity index (χ1n) is 7.19. The number of nitrogens with zero attached hydrogens (tertiary/aromatic N) is 1. The first kappa shape index (κ1) is 16.8. The topological polar surface area (TPSA) is 59.1 Å². The van der Waals surface area contributed by atoms with E-state index in [9.17, 15) is 12.8 Å². The van der Waals surface area contributed by atoms with Crippen LogP contribution in [-0.2, 0) is 16.6 Å². The average Bonchev–Trinajstić information content (AvgIpc) is 3.10. The van der Waals surface area contributed by atoms with E-state index in [4.69, 9.17) is 0 Å². The van der Waals surface area contributed by atoms with Gasteiger partial charge in [0.1, 0.15) is 5.82 Å². The van der Waals surface area contributed by atoms with Crippen LogP contribution in [0.25, 0.3) is 10.4 Å². The summed E-state index contributed by atoms with van der Waals surface area (Å²) in [6.45, 7) is 1.65. The van der Waals surface area contributed by atoms with Gasteiger partial charge in [-0.15, -0.1) is 11.3 Å². The van der Waals surface area contributed by atoms with Crippen LogP contribution in [0.3, 0.4) is 0 Å². The molecule has 1 N–H and O–H groups in total. The molecular weight excluding hydrogens is 347 g/mol. The molecule has 0 aliphatic carbocycles. The van der Waals surface area contributed by atoms with Gasteiger partial charge in [-0.25, -0.2) is 17.5 Å². The van der Waals surface area contributed by atoms with Crippen LogP contribution in [0, 0.1) is 12.7 Å². The Labute approximate surface area is 144 Å². The van der Waals surface area contributed by atoms with Crippen LogP contribution in [0.1, 0.15) is 11.1 Å². The van der Waals surface area contributed by atoms with Crippen LogP contribution in [0.2, 0.25) is 0 Å². The molecule has 0 atom stereocenters. The van der Waals surface area contributed by atoms with Crippen molar-refractivity contribution >= 4 is 21.4 Å². The second-order valence-electron chi connectivity index (χ2n) is 5.29. The lowest BCUT2D eigenvalue weighted by Crippen LogP contribution is -2.23. The van der Waals surface area contributed by atoms with E-state index in [0.29, 0.717) is 5.56 Å². The molecule has 0 aliphatic rings. The number of hydrogen-bond donors (Lipinski definition) is 1. The zero-order chi connectivity index (χ0) is 17.2. The zero-order valence-electron chi connectivity index (χ0n) is 12.9. The number of pyridine rings is 1. The summed E-state index contributed by atoms with van der Waals surface area (Å²) in [6, 6.07) is 9.56. The number of hydrogen-bond acceptors (Lipinski definition) is 4. The number of rotatable bonds is 5. The molecule has 0 fully saturated rings. The Balaban J connectivity index is 1.77. The smallest absolute Gasteiger partial charge is 0.240 e. The van der Waals surface area contributed by atoms with Crippen LogP contribution in [-0.4, -0.2) is 13.4 Å². The van der Waals surface area contributed by atoms with E-state index in [0.717, 1.165) is 22.1 Å². The van der Waals surface area contributed by atoms with Crippen molar-refractivity contribution in [2.24, 2.45) is 0 Å². The number of aryl methyl sites for hydroxylation is 1. The largest absolute Gasteiger partial charge is 0.264 e. The highest BCUT2D eigenvalue weighted by Gasteiger charge is 2.15. The SMILES string of the molecule is Cc1cc(S(=O)(=O)NCc2cncc(-c3cccs3)c2)ccc1F. The highest BCUT2D eigenvalue weighted by molar-refractivity contribution is 7.89. The highest BCUT2D eigenvalue weighted by atomic mass is 32.2. The fourth-order valence-electron chi connectivity index (χ4n) is 2.21. The van der Waals surface area contributed by atoms with Gasteiger partial charge in [-0.05, 0) is 53.8 Å². The van der Waals surface area contributed by atoms with Crippen LogP contribution in [0.5, 0.6) is 0 Å². The Morgan fingerprint density at radius 2 is 2.04 bits per heavy atom. The van der Waals surface area contributed by atoms with Gasteiger partial charge in [0, 0.05) is 29.4 Å². The number of nitrogens with one attached hydrogen (secondary N) is 1. The first-order valence-corrected chi connectivity index (χ1v) is 9.55. The Morgan fingerprint density at radius 3 is 2.75 bits per heavy atom. The number of halogens is 1. The van der Waals surface area contributed by atoms with Crippen LogP contribution in [0.15, 0.2) is 59.1 Å². The molecule has 0 aliphatic heterocycles. The molecule has 2 heterocycles. The molecule has 4 nitrogen and oxygen atoms in total. The quantitative estimate of drug-likeness (QED) is 0.752. The summed E-state index contributed by atoms with van der Waals surface area (Å²) < 4.78 is 40.5. The lowest BCUT2D eigenvalue weighted by molar-refractivity contribution is 0.579. The van der Waals surface area contributed by atoms with Crippen molar-refractivity contribution in [1.29, 1.82) is 0 Å². The summed E-state index contributed by atoms with van der Waals surface area (Å²) in [7, 11) is -3.71. The van der Waals surface area contributed by atoms with E-state index in [-0.39, 0.29) is 11.4 Å². The Morgan fingerprint density at radius 1 is 1.21 bits per heavy atom. The third kappa shape index (κ3) is 3.69. The number of aromatic nitrogens is 1. The fraction of sp³-hybridized carbons (Fsp3) is 0.118. The van der Waals surface area contributed by atoms with Gasteiger partial charge in [0.25, 0.3) is 0 Å². The lowest BCUT2D eigenvalue weighted by atomic mass is 10.2. The molecule has 0 amide bonds. The standard InChI is InChI=1S/C17H15FN2O2S2/c1-12-7-15(4-5-16(12)18)24(21,22)20-10-13-8-14(11-19-9-13)17-3-2-6-23-17/h2-9,11,20H,10H2,1H3. The molecule has 7 heteroatoms. The maximum absolute atomic E-state index is 13.3. The van der Waals surface area contributed by atoms with Gasteiger partial charge in [-0.2, -0.15) is 0 Å². The second-order valence-corrected chi connectivity index (χ2v) is 8.01. The summed E-state index contributed by atoms with van der Waals surface area (Å²) in [4.78, 5) is 5.28. The third-order valence-electron chi connectivity index (χ3n) is 3.51. The van der Waals surface area contributed by atoms with Crippen molar-refractivity contribution in [3.8, 4) is 10.4 Å². The van der Waals surface area contributed by atoms with Crippen molar-refractivity contribution in [2.45, 2.75) is 18.4 Å². The minimum absolute atomic E-state index is 0.0452. The summed E-state index contributed by atoms with van der Waals surface area (Å²) in [5, 5.41) is 1.97. The summed E-state index contributed by atoms with van der Waals surface area (Å²) >= 11 is 1.59. The monoisotopic (exact) mass is 362 g/mol. The third-order valence-corrected chi connectivity index (χ3v) is 5.82. The molecule has 0 bridgehead atoms. The van der Waals surface area contributed by atoms with Gasteiger partial charge in [-0.3, -0.25) is 4.98 Å². The first-order chi connectivity index (χ1) is 11.5.